The zero-order chi connectivity index (χ0) is 24.0. The fraction of sp³-hybridized carbons (Fsp3) is 0.333. The van der Waals surface area contributed by atoms with Gasteiger partial charge in [0.2, 0.25) is 0 Å². The predicted octanol–water partition coefficient (Wildman–Crippen LogP) is 4.31. The van der Waals surface area contributed by atoms with Crippen LogP contribution in [0.4, 0.5) is 24.7 Å². The molecule has 4 rings (SSSR count). The van der Waals surface area contributed by atoms with E-state index in [4.69, 9.17) is 17.3 Å². The Hall–Kier alpha value is -2.63. The molecular weight excluding hydrogens is 477 g/mol. The van der Waals surface area contributed by atoms with Crippen LogP contribution in [0, 0.1) is 17.6 Å². The van der Waals surface area contributed by atoms with Gasteiger partial charge >= 0.3 is 0 Å². The number of anilines is 2. The number of alkyl halides is 1. The Balaban J connectivity index is 1.85. The number of hydrogen-bond donors (Lipinski definition) is 3. The Morgan fingerprint density at radius 2 is 2.00 bits per heavy atom. The number of amidine groups is 1. The standard InChI is InChI=1S/C21H20ClF3N6OS/c1-10-20(2,8-32)33-19(26)31-21(10,7-23)13-4-12(5-14(24)16(13)25)30-18-17-15(28-9-29-18)3-11(22)6-27-17/h3-6,9-10,32H,7-8H2,1-2H3,(H2,26,31)(H,28,29,30)/t10-,20-,21+/m1/s1. The monoisotopic (exact) mass is 496 g/mol. The molecule has 0 spiro atoms. The average molecular weight is 497 g/mol. The lowest BCUT2D eigenvalue weighted by Gasteiger charge is -2.47. The SMILES string of the molecule is C[C@@H]1[C@@](C)(CO)SC(N)=N[C@]1(CF)c1cc(Nc2ncnc3cc(Cl)cnc23)cc(F)c1F. The molecule has 174 valence electrons. The molecule has 0 unspecified atom stereocenters. The molecule has 3 aromatic rings. The molecule has 7 nitrogen and oxygen atoms in total. The van der Waals surface area contributed by atoms with Gasteiger partial charge in [-0.05, 0) is 19.1 Å². The lowest BCUT2D eigenvalue weighted by molar-refractivity contribution is 0.136. The molecule has 3 atom stereocenters. The van der Waals surface area contributed by atoms with Crippen molar-refractivity contribution in [2.75, 3.05) is 18.6 Å². The molecule has 2 aromatic heterocycles. The van der Waals surface area contributed by atoms with E-state index in [2.05, 4.69) is 25.3 Å². The molecule has 0 fully saturated rings. The van der Waals surface area contributed by atoms with E-state index in [0.29, 0.717) is 16.1 Å². The Morgan fingerprint density at radius 1 is 1.24 bits per heavy atom. The van der Waals surface area contributed by atoms with Crippen molar-refractivity contribution in [3.63, 3.8) is 0 Å². The third kappa shape index (κ3) is 3.98. The summed E-state index contributed by atoms with van der Waals surface area (Å²) in [4.78, 5) is 16.6. The number of benzene rings is 1. The third-order valence-electron chi connectivity index (χ3n) is 6.00. The third-order valence-corrected chi connectivity index (χ3v) is 7.45. The maximum Gasteiger partial charge on any atom is 0.164 e. The van der Waals surface area contributed by atoms with Crippen LogP contribution in [0.3, 0.4) is 0 Å². The van der Waals surface area contributed by atoms with Crippen molar-refractivity contribution in [3.8, 4) is 0 Å². The smallest absolute Gasteiger partial charge is 0.164 e. The zero-order valence-corrected chi connectivity index (χ0v) is 19.2. The van der Waals surface area contributed by atoms with Gasteiger partial charge in [0, 0.05) is 34.2 Å². The highest BCUT2D eigenvalue weighted by molar-refractivity contribution is 8.15. The molecule has 0 saturated carbocycles. The number of nitrogens with two attached hydrogens (primary N) is 1. The van der Waals surface area contributed by atoms with Gasteiger partial charge in [-0.15, -0.1) is 0 Å². The van der Waals surface area contributed by atoms with Crippen LogP contribution in [-0.4, -0.2) is 43.3 Å². The van der Waals surface area contributed by atoms with Gasteiger partial charge in [-0.1, -0.05) is 30.3 Å². The first-order valence-corrected chi connectivity index (χ1v) is 11.1. The summed E-state index contributed by atoms with van der Waals surface area (Å²) in [7, 11) is 0. The summed E-state index contributed by atoms with van der Waals surface area (Å²) < 4.78 is 43.5. The number of aliphatic hydroxyl groups is 1. The van der Waals surface area contributed by atoms with E-state index in [1.807, 2.05) is 0 Å². The lowest BCUT2D eigenvalue weighted by atomic mass is 9.73. The Bertz CT molecular complexity index is 1260. The maximum atomic E-state index is 15.1. The number of nitrogens with zero attached hydrogens (tertiary/aromatic N) is 4. The minimum Gasteiger partial charge on any atom is -0.395 e. The second-order valence-electron chi connectivity index (χ2n) is 7.99. The van der Waals surface area contributed by atoms with Crippen LogP contribution in [0.25, 0.3) is 11.0 Å². The molecule has 0 bridgehead atoms. The molecule has 0 amide bonds. The van der Waals surface area contributed by atoms with Crippen LogP contribution in [0.1, 0.15) is 19.4 Å². The van der Waals surface area contributed by atoms with Crippen LogP contribution >= 0.6 is 23.4 Å². The minimum atomic E-state index is -1.84. The van der Waals surface area contributed by atoms with Gasteiger partial charge in [0.05, 0.1) is 17.1 Å². The van der Waals surface area contributed by atoms with Crippen LogP contribution < -0.4 is 11.1 Å². The summed E-state index contributed by atoms with van der Waals surface area (Å²) in [5, 5.41) is 13.2. The van der Waals surface area contributed by atoms with Crippen LogP contribution in [0.2, 0.25) is 5.02 Å². The summed E-state index contributed by atoms with van der Waals surface area (Å²) in [6.45, 7) is 1.79. The van der Waals surface area contributed by atoms with E-state index in [1.165, 1.54) is 18.6 Å². The van der Waals surface area contributed by atoms with Crippen LogP contribution in [0.5, 0.6) is 0 Å². The number of aromatic nitrogens is 3. The first-order valence-electron chi connectivity index (χ1n) is 9.87. The maximum absolute atomic E-state index is 15.1. The Kier molecular flexibility index (Phi) is 6.14. The quantitative estimate of drug-likeness (QED) is 0.482. The predicted molar refractivity (Wildman–Crippen MR) is 124 cm³/mol. The average Bonchev–Trinajstić information content (AvgIpc) is 2.78. The topological polar surface area (TPSA) is 109 Å². The van der Waals surface area contributed by atoms with E-state index in [-0.39, 0.29) is 28.8 Å². The highest BCUT2D eigenvalue weighted by Crippen LogP contribution is 2.51. The van der Waals surface area contributed by atoms with E-state index in [1.54, 1.807) is 19.9 Å². The van der Waals surface area contributed by atoms with Crippen molar-refractivity contribution >= 4 is 51.1 Å². The van der Waals surface area contributed by atoms with Gasteiger partial charge < -0.3 is 16.2 Å². The number of fused-ring (bicyclic) bond motifs is 1. The fourth-order valence-electron chi connectivity index (χ4n) is 3.95. The van der Waals surface area contributed by atoms with Crippen LogP contribution in [0.15, 0.2) is 35.7 Å². The van der Waals surface area contributed by atoms with Gasteiger partial charge in [-0.3, -0.25) is 0 Å². The first-order chi connectivity index (χ1) is 15.6. The normalized spacial score (nSPS) is 25.2. The molecule has 33 heavy (non-hydrogen) atoms. The molecule has 12 heteroatoms. The van der Waals surface area contributed by atoms with Crippen LogP contribution in [-0.2, 0) is 5.54 Å². The molecule has 1 aromatic carbocycles. The number of thioether (sulfide) groups is 1. The van der Waals surface area contributed by atoms with E-state index in [0.717, 1.165) is 17.8 Å². The molecule has 0 aliphatic carbocycles. The molecule has 1 aliphatic rings. The second-order valence-corrected chi connectivity index (χ2v) is 9.98. The number of halogens is 4. The summed E-state index contributed by atoms with van der Waals surface area (Å²) in [5.74, 6) is -2.96. The van der Waals surface area contributed by atoms with E-state index >= 15 is 4.39 Å². The minimum absolute atomic E-state index is 0.0247. The molecule has 3 heterocycles. The van der Waals surface area contributed by atoms with Crippen molar-refractivity contribution in [2.45, 2.75) is 24.1 Å². The number of nitrogens with one attached hydrogen (secondary N) is 1. The van der Waals surface area contributed by atoms with E-state index in [9.17, 15) is 13.9 Å². The van der Waals surface area contributed by atoms with Crippen molar-refractivity contribution in [1.29, 1.82) is 0 Å². The molecular formula is C21H20ClF3N6OS. The Morgan fingerprint density at radius 3 is 2.70 bits per heavy atom. The van der Waals surface area contributed by atoms with Gasteiger partial charge in [0.1, 0.15) is 24.1 Å². The zero-order valence-electron chi connectivity index (χ0n) is 17.6. The molecule has 0 saturated heterocycles. The summed E-state index contributed by atoms with van der Waals surface area (Å²) in [5.41, 5.74) is 4.66. The molecule has 0 radical (unpaired) electrons. The van der Waals surface area contributed by atoms with Gasteiger partial charge in [-0.25, -0.2) is 33.1 Å². The number of rotatable bonds is 5. The van der Waals surface area contributed by atoms with Gasteiger partial charge in [0.25, 0.3) is 0 Å². The van der Waals surface area contributed by atoms with Gasteiger partial charge in [0.15, 0.2) is 22.6 Å². The first kappa shape index (κ1) is 23.5. The summed E-state index contributed by atoms with van der Waals surface area (Å²) in [6.07, 6.45) is 2.67. The van der Waals surface area contributed by atoms with E-state index < -0.39 is 34.5 Å². The molecule has 4 N–H and O–H groups in total. The Labute approximate surface area is 196 Å². The number of pyridine rings is 1. The highest BCUT2D eigenvalue weighted by Gasteiger charge is 2.53. The summed E-state index contributed by atoms with van der Waals surface area (Å²) >= 11 is 7.03. The fourth-order valence-corrected chi connectivity index (χ4v) is 5.23. The second kappa shape index (κ2) is 8.62. The number of hydrogen-bond acceptors (Lipinski definition) is 8. The van der Waals surface area contributed by atoms with Crippen molar-refractivity contribution in [1.82, 2.24) is 15.0 Å². The van der Waals surface area contributed by atoms with Gasteiger partial charge in [-0.2, -0.15) is 0 Å². The number of aliphatic hydroxyl groups excluding tert-OH is 1. The number of aliphatic imine (C=N–C) groups is 1. The van der Waals surface area contributed by atoms with Crippen molar-refractivity contribution < 1.29 is 18.3 Å². The highest BCUT2D eigenvalue weighted by atomic mass is 35.5. The summed E-state index contributed by atoms with van der Waals surface area (Å²) in [6, 6.07) is 3.78. The van der Waals surface area contributed by atoms with Crippen molar-refractivity contribution in [2.24, 2.45) is 16.6 Å². The molecule has 1 aliphatic heterocycles. The lowest BCUT2D eigenvalue weighted by Crippen LogP contribution is -2.53. The largest absolute Gasteiger partial charge is 0.395 e. The van der Waals surface area contributed by atoms with Crippen molar-refractivity contribution in [3.05, 3.63) is 52.9 Å².